The lowest BCUT2D eigenvalue weighted by atomic mass is 9.80. The SMILES string of the molecule is CC1(C)COB(c2cnc(Cl)nc2NC2CCC(O)CC2)O1. The molecule has 0 unspecified atom stereocenters. The second-order valence-electron chi connectivity index (χ2n) is 6.61. The highest BCUT2D eigenvalue weighted by atomic mass is 35.5. The van der Waals surface area contributed by atoms with Gasteiger partial charge in [0.15, 0.2) is 0 Å². The summed E-state index contributed by atoms with van der Waals surface area (Å²) in [6.45, 7) is 4.49. The third-order valence-corrected chi connectivity index (χ3v) is 4.27. The van der Waals surface area contributed by atoms with E-state index in [1.165, 1.54) is 0 Å². The van der Waals surface area contributed by atoms with E-state index in [-0.39, 0.29) is 23.0 Å². The molecule has 1 aliphatic carbocycles. The zero-order chi connectivity index (χ0) is 15.7. The number of hydrogen-bond acceptors (Lipinski definition) is 6. The molecule has 0 radical (unpaired) electrons. The molecule has 2 heterocycles. The number of hydrogen-bond donors (Lipinski definition) is 2. The predicted octanol–water partition coefficient (Wildman–Crippen LogP) is 1.37. The smallest absolute Gasteiger partial charge is 0.404 e. The lowest BCUT2D eigenvalue weighted by Crippen LogP contribution is -2.39. The van der Waals surface area contributed by atoms with E-state index in [1.807, 2.05) is 13.8 Å². The molecule has 6 nitrogen and oxygen atoms in total. The van der Waals surface area contributed by atoms with Gasteiger partial charge < -0.3 is 19.7 Å². The van der Waals surface area contributed by atoms with E-state index < -0.39 is 7.12 Å². The van der Waals surface area contributed by atoms with Crippen molar-refractivity contribution in [3.05, 3.63) is 11.5 Å². The van der Waals surface area contributed by atoms with Gasteiger partial charge in [0.2, 0.25) is 5.28 Å². The highest BCUT2D eigenvalue weighted by molar-refractivity contribution is 6.63. The topological polar surface area (TPSA) is 76.5 Å². The fraction of sp³-hybridized carbons (Fsp3) is 0.714. The summed E-state index contributed by atoms with van der Waals surface area (Å²) in [6.07, 6.45) is 4.88. The maximum absolute atomic E-state index is 9.61. The zero-order valence-corrected chi connectivity index (χ0v) is 13.6. The fourth-order valence-corrected chi connectivity index (χ4v) is 2.99. The van der Waals surface area contributed by atoms with Crippen molar-refractivity contribution in [2.24, 2.45) is 0 Å². The fourth-order valence-electron chi connectivity index (χ4n) is 2.86. The molecule has 3 rings (SSSR count). The van der Waals surface area contributed by atoms with E-state index in [0.717, 1.165) is 31.1 Å². The first kappa shape index (κ1) is 16.0. The number of nitrogens with one attached hydrogen (secondary N) is 1. The van der Waals surface area contributed by atoms with E-state index >= 15 is 0 Å². The molecule has 22 heavy (non-hydrogen) atoms. The van der Waals surface area contributed by atoms with Crippen LogP contribution in [0.15, 0.2) is 6.20 Å². The number of aromatic nitrogens is 2. The second kappa shape index (κ2) is 6.32. The summed E-state index contributed by atoms with van der Waals surface area (Å²) in [5, 5.41) is 13.2. The number of aliphatic hydroxyl groups is 1. The Labute approximate surface area is 135 Å². The van der Waals surface area contributed by atoms with Gasteiger partial charge in [0, 0.05) is 17.7 Å². The molecule has 0 atom stereocenters. The van der Waals surface area contributed by atoms with Crippen LogP contribution in [-0.4, -0.2) is 46.5 Å². The number of nitrogens with zero attached hydrogens (tertiary/aromatic N) is 2. The van der Waals surface area contributed by atoms with Crippen molar-refractivity contribution in [3.63, 3.8) is 0 Å². The van der Waals surface area contributed by atoms with Crippen LogP contribution in [0, 0.1) is 0 Å². The molecular weight excluding hydrogens is 304 g/mol. The normalized spacial score (nSPS) is 27.9. The maximum atomic E-state index is 9.61. The molecule has 8 heteroatoms. The van der Waals surface area contributed by atoms with E-state index in [4.69, 9.17) is 20.9 Å². The van der Waals surface area contributed by atoms with Crippen LogP contribution in [0.2, 0.25) is 5.28 Å². The van der Waals surface area contributed by atoms with Crippen molar-refractivity contribution in [1.29, 1.82) is 0 Å². The molecule has 1 aliphatic heterocycles. The summed E-state index contributed by atoms with van der Waals surface area (Å²) in [5.41, 5.74) is 0.442. The van der Waals surface area contributed by atoms with Crippen LogP contribution in [0.5, 0.6) is 0 Å². The van der Waals surface area contributed by atoms with Crippen molar-refractivity contribution in [3.8, 4) is 0 Å². The van der Waals surface area contributed by atoms with Crippen molar-refractivity contribution in [1.82, 2.24) is 9.97 Å². The minimum Gasteiger partial charge on any atom is -0.404 e. The second-order valence-corrected chi connectivity index (χ2v) is 6.95. The van der Waals surface area contributed by atoms with E-state index in [9.17, 15) is 5.11 Å². The molecule has 0 bridgehead atoms. The predicted molar refractivity (Wildman–Crippen MR) is 85.4 cm³/mol. The van der Waals surface area contributed by atoms with Crippen molar-refractivity contribution < 1.29 is 14.4 Å². The van der Waals surface area contributed by atoms with Gasteiger partial charge in [-0.05, 0) is 51.1 Å². The van der Waals surface area contributed by atoms with Crippen molar-refractivity contribution >= 4 is 30.0 Å². The maximum Gasteiger partial charge on any atom is 0.499 e. The van der Waals surface area contributed by atoms with Crippen molar-refractivity contribution in [2.45, 2.75) is 57.3 Å². The number of anilines is 1. The Morgan fingerprint density at radius 3 is 2.73 bits per heavy atom. The molecule has 1 saturated heterocycles. The van der Waals surface area contributed by atoms with Crippen LogP contribution in [0.25, 0.3) is 0 Å². The van der Waals surface area contributed by atoms with Gasteiger partial charge in [-0.25, -0.2) is 9.97 Å². The quantitative estimate of drug-likeness (QED) is 0.645. The van der Waals surface area contributed by atoms with E-state index in [1.54, 1.807) is 6.20 Å². The molecule has 1 aromatic heterocycles. The number of rotatable bonds is 3. The van der Waals surface area contributed by atoms with Gasteiger partial charge >= 0.3 is 7.12 Å². The monoisotopic (exact) mass is 325 g/mol. The lowest BCUT2D eigenvalue weighted by molar-refractivity contribution is 0.126. The molecule has 1 aromatic rings. The van der Waals surface area contributed by atoms with Gasteiger partial charge in [-0.15, -0.1) is 0 Å². The zero-order valence-electron chi connectivity index (χ0n) is 12.9. The molecule has 0 spiro atoms. The van der Waals surface area contributed by atoms with Crippen LogP contribution in [-0.2, 0) is 9.31 Å². The minimum absolute atomic E-state index is 0.186. The third kappa shape index (κ3) is 3.71. The Morgan fingerprint density at radius 1 is 1.36 bits per heavy atom. The Kier molecular flexibility index (Phi) is 4.59. The first-order valence-corrected chi connectivity index (χ1v) is 8.07. The third-order valence-electron chi connectivity index (χ3n) is 4.09. The summed E-state index contributed by atoms with van der Waals surface area (Å²) >= 11 is 5.94. The van der Waals surface area contributed by atoms with Gasteiger partial charge in [-0.3, -0.25) is 0 Å². The average Bonchev–Trinajstić information content (AvgIpc) is 2.82. The number of halogens is 1. The van der Waals surface area contributed by atoms with E-state index in [0.29, 0.717) is 12.4 Å². The molecular formula is C14H21BClN3O3. The van der Waals surface area contributed by atoms with Crippen molar-refractivity contribution in [2.75, 3.05) is 11.9 Å². The van der Waals surface area contributed by atoms with Crippen LogP contribution >= 0.6 is 11.6 Å². The average molecular weight is 326 g/mol. The van der Waals surface area contributed by atoms with Crippen LogP contribution < -0.4 is 10.8 Å². The molecule has 2 N–H and O–H groups in total. The summed E-state index contributed by atoms with van der Waals surface area (Å²) in [5.74, 6) is 0.657. The largest absolute Gasteiger partial charge is 0.499 e. The summed E-state index contributed by atoms with van der Waals surface area (Å²) in [7, 11) is -0.482. The van der Waals surface area contributed by atoms with Gasteiger partial charge in [0.05, 0.1) is 18.3 Å². The van der Waals surface area contributed by atoms with Gasteiger partial charge in [0.1, 0.15) is 5.82 Å². The first-order chi connectivity index (χ1) is 10.4. The minimum atomic E-state index is -0.482. The Hall–Kier alpha value is -0.885. The molecule has 1 saturated carbocycles. The van der Waals surface area contributed by atoms with Crippen LogP contribution in [0.1, 0.15) is 39.5 Å². The number of aliphatic hydroxyl groups excluding tert-OH is 1. The summed E-state index contributed by atoms with van der Waals surface area (Å²) in [4.78, 5) is 8.35. The summed E-state index contributed by atoms with van der Waals surface area (Å²) in [6, 6.07) is 0.266. The molecule has 120 valence electrons. The van der Waals surface area contributed by atoms with E-state index in [2.05, 4.69) is 15.3 Å². The van der Waals surface area contributed by atoms with Crippen LogP contribution in [0.3, 0.4) is 0 Å². The Bertz CT molecular complexity index is 538. The molecule has 2 aliphatic rings. The Morgan fingerprint density at radius 2 is 2.09 bits per heavy atom. The highest BCUT2D eigenvalue weighted by Crippen LogP contribution is 2.24. The van der Waals surface area contributed by atoms with Gasteiger partial charge in [-0.2, -0.15) is 0 Å². The van der Waals surface area contributed by atoms with Gasteiger partial charge in [-0.1, -0.05) is 0 Å². The summed E-state index contributed by atoms with van der Waals surface area (Å²) < 4.78 is 11.6. The first-order valence-electron chi connectivity index (χ1n) is 7.69. The molecule has 2 fully saturated rings. The van der Waals surface area contributed by atoms with Gasteiger partial charge in [0.25, 0.3) is 0 Å². The van der Waals surface area contributed by atoms with Crippen LogP contribution in [0.4, 0.5) is 5.82 Å². The molecule has 0 aromatic carbocycles. The lowest BCUT2D eigenvalue weighted by Gasteiger charge is -2.27. The Balaban J connectivity index is 1.76. The highest BCUT2D eigenvalue weighted by Gasteiger charge is 2.40. The molecule has 0 amide bonds. The standard InChI is InChI=1S/C14H21BClN3O3/c1-14(2)8-21-15(22-14)11-7-17-13(16)19-12(11)18-9-3-5-10(20)6-4-9/h7,9-10,20H,3-6,8H2,1-2H3,(H,17,18,19).